The first-order valence-electron chi connectivity index (χ1n) is 7.07. The maximum Gasteiger partial charge on any atom is 0.147 e. The topological polar surface area (TPSA) is 21.3 Å². The van der Waals surface area contributed by atoms with Crippen LogP contribution in [-0.4, -0.2) is 6.54 Å². The number of ether oxygens (including phenoxy) is 1. The van der Waals surface area contributed by atoms with E-state index in [1.165, 1.54) is 5.56 Å². The lowest BCUT2D eigenvalue weighted by atomic mass is 10.1. The van der Waals surface area contributed by atoms with Crippen molar-refractivity contribution in [2.24, 2.45) is 0 Å². The van der Waals surface area contributed by atoms with Crippen molar-refractivity contribution in [2.75, 3.05) is 6.54 Å². The van der Waals surface area contributed by atoms with Gasteiger partial charge in [0.25, 0.3) is 0 Å². The van der Waals surface area contributed by atoms with Crippen molar-refractivity contribution < 1.29 is 4.74 Å². The predicted molar refractivity (Wildman–Crippen MR) is 89.7 cm³/mol. The molecule has 0 aromatic heterocycles. The molecule has 1 N–H and O–H groups in total. The van der Waals surface area contributed by atoms with E-state index in [-0.39, 0.29) is 0 Å². The molecule has 0 saturated heterocycles. The van der Waals surface area contributed by atoms with E-state index in [1.54, 1.807) is 12.1 Å². The van der Waals surface area contributed by atoms with Crippen LogP contribution >= 0.6 is 23.2 Å². The Balaban J connectivity index is 2.07. The number of halogens is 2. The second-order valence-corrected chi connectivity index (χ2v) is 5.68. The van der Waals surface area contributed by atoms with Gasteiger partial charge in [-0.05, 0) is 49.7 Å². The van der Waals surface area contributed by atoms with Gasteiger partial charge in [0.05, 0.1) is 5.02 Å². The molecule has 21 heavy (non-hydrogen) atoms. The smallest absolute Gasteiger partial charge is 0.147 e. The molecule has 0 aliphatic carbocycles. The molecule has 1 atom stereocenters. The monoisotopic (exact) mass is 323 g/mol. The van der Waals surface area contributed by atoms with Gasteiger partial charge in [0, 0.05) is 6.04 Å². The average Bonchev–Trinajstić information content (AvgIpc) is 2.50. The summed E-state index contributed by atoms with van der Waals surface area (Å²) in [7, 11) is 0. The van der Waals surface area contributed by atoms with Crippen molar-refractivity contribution in [3.05, 3.63) is 58.1 Å². The van der Waals surface area contributed by atoms with Crippen molar-refractivity contribution in [3.8, 4) is 11.5 Å². The molecule has 0 amide bonds. The van der Waals surface area contributed by atoms with Gasteiger partial charge in [0.15, 0.2) is 0 Å². The molecule has 2 aromatic rings. The molecule has 1 unspecified atom stereocenters. The predicted octanol–water partition coefficient (Wildman–Crippen LogP) is 5.85. The third-order valence-electron chi connectivity index (χ3n) is 3.22. The second kappa shape index (κ2) is 7.69. The first-order chi connectivity index (χ1) is 10.1. The highest BCUT2D eigenvalue weighted by atomic mass is 35.5. The number of rotatable bonds is 6. The summed E-state index contributed by atoms with van der Waals surface area (Å²) in [6.07, 6.45) is 1.12. The first-order valence-corrected chi connectivity index (χ1v) is 7.82. The Morgan fingerprint density at radius 1 is 1.10 bits per heavy atom. The molecule has 0 aliphatic heterocycles. The van der Waals surface area contributed by atoms with Crippen molar-refractivity contribution in [3.63, 3.8) is 0 Å². The van der Waals surface area contributed by atoms with Crippen LogP contribution in [0.15, 0.2) is 42.5 Å². The first kappa shape index (κ1) is 16.2. The van der Waals surface area contributed by atoms with Crippen molar-refractivity contribution in [1.29, 1.82) is 0 Å². The molecular formula is C17H19Cl2NO. The highest BCUT2D eigenvalue weighted by Crippen LogP contribution is 2.34. The lowest BCUT2D eigenvalue weighted by molar-refractivity contribution is 0.482. The summed E-state index contributed by atoms with van der Waals surface area (Å²) in [4.78, 5) is 0. The Morgan fingerprint density at radius 3 is 2.48 bits per heavy atom. The summed E-state index contributed by atoms with van der Waals surface area (Å²) in [5.41, 5.74) is 1.23. The Morgan fingerprint density at radius 2 is 1.81 bits per heavy atom. The van der Waals surface area contributed by atoms with Gasteiger partial charge in [-0.1, -0.05) is 48.3 Å². The zero-order valence-corrected chi connectivity index (χ0v) is 13.7. The second-order valence-electron chi connectivity index (χ2n) is 4.90. The van der Waals surface area contributed by atoms with Gasteiger partial charge < -0.3 is 10.1 Å². The van der Waals surface area contributed by atoms with Crippen LogP contribution in [0.25, 0.3) is 0 Å². The van der Waals surface area contributed by atoms with Gasteiger partial charge in [0.1, 0.15) is 16.5 Å². The molecule has 2 nitrogen and oxygen atoms in total. The van der Waals surface area contributed by atoms with Crippen molar-refractivity contribution in [1.82, 2.24) is 5.32 Å². The minimum Gasteiger partial charge on any atom is -0.456 e. The molecular weight excluding hydrogens is 305 g/mol. The standard InChI is InChI=1S/C17H19Cl2NO/c1-3-11-20-12(2)13-7-9-14(10-8-13)21-16-6-4-5-15(18)17(16)19/h4-10,12,20H,3,11H2,1-2H3. The maximum atomic E-state index is 6.12. The summed E-state index contributed by atoms with van der Waals surface area (Å²) >= 11 is 12.1. The number of hydrogen-bond donors (Lipinski definition) is 1. The van der Waals surface area contributed by atoms with Crippen molar-refractivity contribution >= 4 is 23.2 Å². The zero-order chi connectivity index (χ0) is 15.2. The molecule has 0 fully saturated rings. The van der Waals surface area contributed by atoms with E-state index in [2.05, 4.69) is 31.3 Å². The number of nitrogens with one attached hydrogen (secondary N) is 1. The molecule has 0 heterocycles. The molecule has 0 bridgehead atoms. The highest BCUT2D eigenvalue weighted by molar-refractivity contribution is 6.42. The molecule has 0 aliphatic rings. The van der Waals surface area contributed by atoms with Crippen LogP contribution in [0.4, 0.5) is 0 Å². The normalized spacial score (nSPS) is 12.2. The van der Waals surface area contributed by atoms with Crippen molar-refractivity contribution in [2.45, 2.75) is 26.3 Å². The Labute approximate surface area is 136 Å². The van der Waals surface area contributed by atoms with Gasteiger partial charge in [0.2, 0.25) is 0 Å². The van der Waals surface area contributed by atoms with Gasteiger partial charge in [-0.15, -0.1) is 0 Å². The molecule has 0 radical (unpaired) electrons. The number of benzene rings is 2. The van der Waals surface area contributed by atoms with Gasteiger partial charge in [-0.2, -0.15) is 0 Å². The zero-order valence-electron chi connectivity index (χ0n) is 12.2. The largest absolute Gasteiger partial charge is 0.456 e. The lowest BCUT2D eigenvalue weighted by Crippen LogP contribution is -2.19. The summed E-state index contributed by atoms with van der Waals surface area (Å²) < 4.78 is 5.77. The van der Waals surface area contributed by atoms with Crippen LogP contribution < -0.4 is 10.1 Å². The molecule has 2 rings (SSSR count). The molecule has 0 saturated carbocycles. The van der Waals surface area contributed by atoms with E-state index in [1.807, 2.05) is 18.2 Å². The molecule has 112 valence electrons. The fourth-order valence-electron chi connectivity index (χ4n) is 1.99. The third kappa shape index (κ3) is 4.37. The summed E-state index contributed by atoms with van der Waals surface area (Å²) in [5.74, 6) is 1.31. The van der Waals surface area contributed by atoms with E-state index in [0.717, 1.165) is 18.7 Å². The van der Waals surface area contributed by atoms with Gasteiger partial charge >= 0.3 is 0 Å². The SMILES string of the molecule is CCCNC(C)c1ccc(Oc2cccc(Cl)c2Cl)cc1. The van der Waals surface area contributed by atoms with E-state index in [9.17, 15) is 0 Å². The lowest BCUT2D eigenvalue weighted by Gasteiger charge is -2.14. The van der Waals surface area contributed by atoms with Crippen LogP contribution in [0.5, 0.6) is 11.5 Å². The molecule has 2 aromatic carbocycles. The Kier molecular flexibility index (Phi) is 5.92. The van der Waals surface area contributed by atoms with Gasteiger partial charge in [-0.3, -0.25) is 0 Å². The number of hydrogen-bond acceptors (Lipinski definition) is 2. The highest BCUT2D eigenvalue weighted by Gasteiger charge is 2.08. The quantitative estimate of drug-likeness (QED) is 0.720. The van der Waals surface area contributed by atoms with E-state index < -0.39 is 0 Å². The summed E-state index contributed by atoms with van der Waals surface area (Å²) in [5, 5.41) is 4.38. The Bertz CT molecular complexity index is 584. The van der Waals surface area contributed by atoms with Gasteiger partial charge in [-0.25, -0.2) is 0 Å². The van der Waals surface area contributed by atoms with Crippen LogP contribution in [-0.2, 0) is 0 Å². The summed E-state index contributed by atoms with van der Waals surface area (Å²) in [6, 6.07) is 13.7. The van der Waals surface area contributed by atoms with Crippen LogP contribution in [0, 0.1) is 0 Å². The van der Waals surface area contributed by atoms with E-state index >= 15 is 0 Å². The average molecular weight is 324 g/mol. The fourth-order valence-corrected chi connectivity index (χ4v) is 2.32. The van der Waals surface area contributed by atoms with Crippen LogP contribution in [0.2, 0.25) is 10.0 Å². The fraction of sp³-hybridized carbons (Fsp3) is 0.294. The molecule has 4 heteroatoms. The van der Waals surface area contributed by atoms with E-state index in [0.29, 0.717) is 21.8 Å². The molecule has 0 spiro atoms. The third-order valence-corrected chi connectivity index (χ3v) is 4.03. The Hall–Kier alpha value is -1.22. The maximum absolute atomic E-state index is 6.12. The minimum absolute atomic E-state index is 0.328. The van der Waals surface area contributed by atoms with Crippen LogP contribution in [0.3, 0.4) is 0 Å². The minimum atomic E-state index is 0.328. The summed E-state index contributed by atoms with van der Waals surface area (Å²) in [6.45, 7) is 5.32. The van der Waals surface area contributed by atoms with Crippen LogP contribution in [0.1, 0.15) is 31.9 Å². The van der Waals surface area contributed by atoms with E-state index in [4.69, 9.17) is 27.9 Å².